The Morgan fingerprint density at radius 1 is 0.857 bits per heavy atom. The average Bonchev–Trinajstić information content (AvgIpc) is 2.71. The maximum absolute atomic E-state index is 12.9. The molecule has 0 radical (unpaired) electrons. The average molecular weight is 376 g/mol. The third-order valence-electron chi connectivity index (χ3n) is 4.49. The summed E-state index contributed by atoms with van der Waals surface area (Å²) in [4.78, 5) is 27.5. The molecule has 28 heavy (non-hydrogen) atoms. The van der Waals surface area contributed by atoms with E-state index in [1.807, 2.05) is 12.1 Å². The van der Waals surface area contributed by atoms with E-state index in [0.717, 1.165) is 5.56 Å². The lowest BCUT2D eigenvalue weighted by atomic mass is 10.1. The number of fused-ring (bicyclic) bond motifs is 1. The van der Waals surface area contributed by atoms with Crippen molar-refractivity contribution in [3.63, 3.8) is 0 Å². The Labute approximate surface area is 159 Å². The lowest BCUT2D eigenvalue weighted by molar-refractivity contribution is 0.480. The summed E-state index contributed by atoms with van der Waals surface area (Å²) in [7, 11) is 0. The third-order valence-corrected chi connectivity index (χ3v) is 4.49. The molecule has 140 valence electrons. The number of aryl methyl sites for hydroxylation is 1. The van der Waals surface area contributed by atoms with Gasteiger partial charge in [0.15, 0.2) is 0 Å². The second-order valence-corrected chi connectivity index (χ2v) is 6.38. The van der Waals surface area contributed by atoms with E-state index in [0.29, 0.717) is 28.8 Å². The van der Waals surface area contributed by atoms with Gasteiger partial charge in [0.2, 0.25) is 0 Å². The molecule has 4 aromatic rings. The maximum Gasteiger partial charge on any atom is 0.328 e. The normalized spacial score (nSPS) is 10.9. The molecule has 1 heterocycles. The van der Waals surface area contributed by atoms with Crippen LogP contribution in [-0.2, 0) is 13.0 Å². The van der Waals surface area contributed by atoms with Gasteiger partial charge >= 0.3 is 5.69 Å². The minimum atomic E-state index is -0.417. The topological polar surface area (TPSA) is 64.1 Å². The third kappa shape index (κ3) is 3.71. The number of hydrogen-bond donors (Lipinski definition) is 1. The first-order chi connectivity index (χ1) is 13.6. The smallest absolute Gasteiger partial charge is 0.328 e. The van der Waals surface area contributed by atoms with Crippen molar-refractivity contribution in [2.45, 2.75) is 13.0 Å². The number of halogens is 1. The van der Waals surface area contributed by atoms with Crippen molar-refractivity contribution in [3.05, 3.63) is 105 Å². The highest BCUT2D eigenvalue weighted by Crippen LogP contribution is 2.22. The number of ether oxygens (including phenoxy) is 1. The van der Waals surface area contributed by atoms with Gasteiger partial charge in [-0.2, -0.15) is 0 Å². The number of para-hydroxylation sites is 1. The highest BCUT2D eigenvalue weighted by molar-refractivity contribution is 5.76. The summed E-state index contributed by atoms with van der Waals surface area (Å²) < 4.78 is 19.8. The molecule has 0 saturated heterocycles. The predicted molar refractivity (Wildman–Crippen MR) is 105 cm³/mol. The maximum atomic E-state index is 12.9. The molecule has 0 aliphatic rings. The summed E-state index contributed by atoms with van der Waals surface area (Å²) in [6, 6.07) is 20.1. The van der Waals surface area contributed by atoms with E-state index >= 15 is 0 Å². The van der Waals surface area contributed by atoms with Gasteiger partial charge in [0.05, 0.1) is 10.9 Å². The van der Waals surface area contributed by atoms with Crippen molar-refractivity contribution in [1.29, 1.82) is 0 Å². The van der Waals surface area contributed by atoms with Crippen LogP contribution >= 0.6 is 0 Å². The van der Waals surface area contributed by atoms with Gasteiger partial charge in [-0.25, -0.2) is 9.18 Å². The second kappa shape index (κ2) is 7.52. The predicted octanol–water partition coefficient (Wildman–Crippen LogP) is 3.86. The van der Waals surface area contributed by atoms with E-state index in [4.69, 9.17) is 4.74 Å². The van der Waals surface area contributed by atoms with E-state index in [1.54, 1.807) is 48.5 Å². The van der Waals surface area contributed by atoms with Gasteiger partial charge in [0.25, 0.3) is 5.56 Å². The van der Waals surface area contributed by atoms with Crippen molar-refractivity contribution in [3.8, 4) is 11.5 Å². The molecule has 0 aliphatic heterocycles. The summed E-state index contributed by atoms with van der Waals surface area (Å²) in [6.07, 6.45) is 0.526. The molecular weight excluding hydrogens is 359 g/mol. The van der Waals surface area contributed by atoms with E-state index in [2.05, 4.69) is 4.98 Å². The molecule has 6 heteroatoms. The van der Waals surface area contributed by atoms with Crippen LogP contribution in [-0.4, -0.2) is 9.55 Å². The standard InChI is InChI=1S/C22H17FN2O3/c23-16-7-11-18(12-8-16)28-17-9-5-15(6-10-17)13-14-25-21(26)19-3-1-2-4-20(19)24-22(25)27/h1-12H,13-14H2,(H,24,27). The number of nitrogens with one attached hydrogen (secondary N) is 1. The quantitative estimate of drug-likeness (QED) is 0.575. The van der Waals surface area contributed by atoms with Crippen molar-refractivity contribution in [1.82, 2.24) is 9.55 Å². The van der Waals surface area contributed by atoms with E-state index in [1.165, 1.54) is 16.7 Å². The van der Waals surface area contributed by atoms with Gasteiger partial charge in [-0.1, -0.05) is 24.3 Å². The second-order valence-electron chi connectivity index (χ2n) is 6.38. The number of rotatable bonds is 5. The summed E-state index contributed by atoms with van der Waals surface area (Å²) in [6.45, 7) is 0.275. The fourth-order valence-electron chi connectivity index (χ4n) is 3.01. The summed E-state index contributed by atoms with van der Waals surface area (Å²) in [5, 5.41) is 0.491. The lowest BCUT2D eigenvalue weighted by Gasteiger charge is -2.08. The van der Waals surface area contributed by atoms with Crippen molar-refractivity contribution >= 4 is 10.9 Å². The highest BCUT2D eigenvalue weighted by Gasteiger charge is 2.07. The Bertz CT molecular complexity index is 1230. The number of nitrogens with zero attached hydrogens (tertiary/aromatic N) is 1. The molecule has 0 fully saturated rings. The SMILES string of the molecule is O=c1[nH]c2ccccc2c(=O)n1CCc1ccc(Oc2ccc(F)cc2)cc1. The Hall–Kier alpha value is -3.67. The molecule has 1 N–H and O–H groups in total. The Morgan fingerprint density at radius 2 is 1.50 bits per heavy atom. The molecule has 5 nitrogen and oxygen atoms in total. The number of H-pyrrole nitrogens is 1. The largest absolute Gasteiger partial charge is 0.457 e. The monoisotopic (exact) mass is 376 g/mol. The van der Waals surface area contributed by atoms with Crippen molar-refractivity contribution < 1.29 is 9.13 Å². The number of hydrogen-bond acceptors (Lipinski definition) is 3. The lowest BCUT2D eigenvalue weighted by Crippen LogP contribution is -2.35. The first kappa shape index (κ1) is 17.7. The van der Waals surface area contributed by atoms with E-state index in [-0.39, 0.29) is 17.9 Å². The zero-order valence-corrected chi connectivity index (χ0v) is 14.9. The van der Waals surface area contributed by atoms with Crippen LogP contribution in [0.25, 0.3) is 10.9 Å². The van der Waals surface area contributed by atoms with Gasteiger partial charge in [-0.15, -0.1) is 0 Å². The summed E-state index contributed by atoms with van der Waals surface area (Å²) in [5.41, 5.74) is 0.789. The molecule has 0 unspecified atom stereocenters. The van der Waals surface area contributed by atoms with Gasteiger partial charge in [-0.05, 0) is 60.5 Å². The minimum absolute atomic E-state index is 0.275. The van der Waals surface area contributed by atoms with Crippen LogP contribution in [0, 0.1) is 5.82 Å². The number of benzene rings is 3. The zero-order valence-electron chi connectivity index (χ0n) is 14.9. The first-order valence-electron chi connectivity index (χ1n) is 8.84. The molecule has 0 atom stereocenters. The highest BCUT2D eigenvalue weighted by atomic mass is 19.1. The molecule has 0 bridgehead atoms. The fraction of sp³-hybridized carbons (Fsp3) is 0.0909. The molecule has 4 rings (SSSR count). The number of aromatic amines is 1. The minimum Gasteiger partial charge on any atom is -0.457 e. The Balaban J connectivity index is 1.48. The van der Waals surface area contributed by atoms with Gasteiger partial charge in [0.1, 0.15) is 17.3 Å². The zero-order chi connectivity index (χ0) is 19.5. The van der Waals surface area contributed by atoms with Gasteiger partial charge in [0, 0.05) is 6.54 Å². The van der Waals surface area contributed by atoms with E-state index < -0.39 is 5.69 Å². The van der Waals surface area contributed by atoms with Gasteiger partial charge < -0.3 is 9.72 Å². The van der Waals surface area contributed by atoms with Crippen LogP contribution < -0.4 is 16.0 Å². The van der Waals surface area contributed by atoms with Crippen LogP contribution in [0.4, 0.5) is 4.39 Å². The van der Waals surface area contributed by atoms with Gasteiger partial charge in [-0.3, -0.25) is 9.36 Å². The summed E-state index contributed by atoms with van der Waals surface area (Å²) >= 11 is 0. The van der Waals surface area contributed by atoms with Crippen LogP contribution in [0.3, 0.4) is 0 Å². The molecule has 0 amide bonds. The van der Waals surface area contributed by atoms with Crippen LogP contribution in [0.15, 0.2) is 82.4 Å². The molecule has 3 aromatic carbocycles. The molecule has 0 saturated carbocycles. The summed E-state index contributed by atoms with van der Waals surface area (Å²) in [5.74, 6) is 0.848. The molecule has 1 aromatic heterocycles. The number of aromatic nitrogens is 2. The van der Waals surface area contributed by atoms with Crippen molar-refractivity contribution in [2.75, 3.05) is 0 Å². The van der Waals surface area contributed by atoms with Crippen LogP contribution in [0.1, 0.15) is 5.56 Å². The molecule has 0 spiro atoms. The van der Waals surface area contributed by atoms with Crippen LogP contribution in [0.2, 0.25) is 0 Å². The fourth-order valence-corrected chi connectivity index (χ4v) is 3.01. The van der Waals surface area contributed by atoms with Crippen LogP contribution in [0.5, 0.6) is 11.5 Å². The molecule has 0 aliphatic carbocycles. The van der Waals surface area contributed by atoms with E-state index in [9.17, 15) is 14.0 Å². The first-order valence-corrected chi connectivity index (χ1v) is 8.84. The van der Waals surface area contributed by atoms with Crippen molar-refractivity contribution in [2.24, 2.45) is 0 Å². The Morgan fingerprint density at radius 3 is 2.21 bits per heavy atom. The molecular formula is C22H17FN2O3. The Kier molecular flexibility index (Phi) is 4.76.